The van der Waals surface area contributed by atoms with Gasteiger partial charge in [-0.2, -0.15) is 5.26 Å². The number of fused-ring (bicyclic) bond motifs is 1. The highest BCUT2D eigenvalue weighted by atomic mass is 16.5. The van der Waals surface area contributed by atoms with Crippen molar-refractivity contribution in [3.8, 4) is 23.3 Å². The summed E-state index contributed by atoms with van der Waals surface area (Å²) in [6.07, 6.45) is 0. The molecule has 1 aromatic heterocycles. The largest absolute Gasteiger partial charge is 0.490 e. The molecule has 0 fully saturated rings. The Morgan fingerprint density at radius 2 is 1.88 bits per heavy atom. The summed E-state index contributed by atoms with van der Waals surface area (Å²) >= 11 is 0. The van der Waals surface area contributed by atoms with Crippen LogP contribution in [-0.2, 0) is 6.54 Å². The van der Waals surface area contributed by atoms with Crippen molar-refractivity contribution < 1.29 is 19.1 Å². The highest BCUT2D eigenvalue weighted by Gasteiger charge is 2.35. The van der Waals surface area contributed by atoms with E-state index in [4.69, 9.17) is 19.9 Å². The van der Waals surface area contributed by atoms with Crippen LogP contribution in [0.15, 0.2) is 40.5 Å². The second-order valence-corrected chi connectivity index (χ2v) is 7.97. The van der Waals surface area contributed by atoms with Gasteiger partial charge in [0, 0.05) is 11.8 Å². The van der Waals surface area contributed by atoms with Crippen molar-refractivity contribution in [2.24, 2.45) is 5.73 Å². The number of hydrogen-bond acceptors (Lipinski definition) is 6. The smallest absolute Gasteiger partial charge is 0.258 e. The van der Waals surface area contributed by atoms with E-state index in [0.717, 1.165) is 12.2 Å². The van der Waals surface area contributed by atoms with Gasteiger partial charge in [0.2, 0.25) is 5.88 Å². The Labute approximate surface area is 188 Å². The summed E-state index contributed by atoms with van der Waals surface area (Å²) in [6.45, 7) is 7.94. The lowest BCUT2D eigenvalue weighted by molar-refractivity contribution is -0.858. The zero-order valence-electron chi connectivity index (χ0n) is 19.3. The van der Waals surface area contributed by atoms with Gasteiger partial charge in [0.05, 0.1) is 51.9 Å². The predicted octanol–water partition coefficient (Wildman–Crippen LogP) is 1.32. The minimum atomic E-state index is -0.662. The molecule has 0 aliphatic carbocycles. The first-order valence-corrected chi connectivity index (χ1v) is 10.8. The third-order valence-corrected chi connectivity index (χ3v) is 5.43. The first kappa shape index (κ1) is 23.2. The van der Waals surface area contributed by atoms with Gasteiger partial charge in [0.15, 0.2) is 11.5 Å². The molecule has 2 heterocycles. The Bertz CT molecular complexity index is 1130. The fourth-order valence-corrected chi connectivity index (χ4v) is 3.88. The summed E-state index contributed by atoms with van der Waals surface area (Å²) in [4.78, 5) is 14.9. The van der Waals surface area contributed by atoms with Gasteiger partial charge in [-0.15, -0.1) is 0 Å². The van der Waals surface area contributed by atoms with Crippen LogP contribution in [0.1, 0.15) is 36.6 Å². The van der Waals surface area contributed by atoms with Crippen molar-refractivity contribution in [3.05, 3.63) is 62.9 Å². The molecule has 0 saturated carbocycles. The minimum Gasteiger partial charge on any atom is -0.490 e. The molecule has 1 atom stereocenters. The van der Waals surface area contributed by atoms with E-state index in [0.29, 0.717) is 48.1 Å². The number of nitriles is 1. The Morgan fingerprint density at radius 3 is 2.50 bits per heavy atom. The van der Waals surface area contributed by atoms with Crippen molar-refractivity contribution >= 4 is 0 Å². The molecule has 0 amide bonds. The van der Waals surface area contributed by atoms with E-state index in [9.17, 15) is 10.1 Å². The van der Waals surface area contributed by atoms with E-state index >= 15 is 0 Å². The van der Waals surface area contributed by atoms with Gasteiger partial charge in [0.25, 0.3) is 5.56 Å². The molecule has 2 aromatic rings. The van der Waals surface area contributed by atoms with Crippen molar-refractivity contribution in [1.82, 2.24) is 4.57 Å². The van der Waals surface area contributed by atoms with Gasteiger partial charge in [0.1, 0.15) is 17.4 Å². The Hall–Kier alpha value is -3.44. The zero-order chi connectivity index (χ0) is 23.4. The number of nitrogens with two attached hydrogens (primary N) is 1. The second-order valence-electron chi connectivity index (χ2n) is 7.97. The van der Waals surface area contributed by atoms with Crippen LogP contribution in [0.5, 0.6) is 17.2 Å². The molecule has 1 aliphatic rings. The number of aryl methyl sites for hydroxylation is 1. The summed E-state index contributed by atoms with van der Waals surface area (Å²) in [5.41, 5.74) is 8.03. The predicted molar refractivity (Wildman–Crippen MR) is 121 cm³/mol. The molecule has 3 rings (SSSR count). The molecule has 32 heavy (non-hydrogen) atoms. The lowest BCUT2D eigenvalue weighted by Gasteiger charge is -2.28. The van der Waals surface area contributed by atoms with E-state index in [1.54, 1.807) is 10.6 Å². The van der Waals surface area contributed by atoms with Gasteiger partial charge >= 0.3 is 0 Å². The molecular formula is C24H31N4O4+. The van der Waals surface area contributed by atoms with Gasteiger partial charge in [-0.25, -0.2) is 0 Å². The summed E-state index contributed by atoms with van der Waals surface area (Å²) in [5, 5.41) is 9.89. The normalized spacial score (nSPS) is 15.2. The monoisotopic (exact) mass is 439 g/mol. The first-order valence-electron chi connectivity index (χ1n) is 10.8. The van der Waals surface area contributed by atoms with Crippen molar-refractivity contribution in [3.63, 3.8) is 0 Å². The fourth-order valence-electron chi connectivity index (χ4n) is 3.88. The summed E-state index contributed by atoms with van der Waals surface area (Å²) in [6, 6.07) is 9.41. The Balaban J connectivity index is 2.22. The number of hydrogen-bond donors (Lipinski definition) is 2. The molecule has 1 aromatic carbocycles. The fraction of sp³-hybridized carbons (Fsp3) is 0.417. The highest BCUT2D eigenvalue weighted by Crippen LogP contribution is 2.42. The molecule has 0 spiro atoms. The summed E-state index contributed by atoms with van der Waals surface area (Å²) in [7, 11) is 4.08. The maximum Gasteiger partial charge on any atom is 0.258 e. The number of nitrogens with one attached hydrogen (secondary N) is 1. The van der Waals surface area contributed by atoms with Crippen LogP contribution in [0.25, 0.3) is 0 Å². The van der Waals surface area contributed by atoms with Crippen LogP contribution in [0.3, 0.4) is 0 Å². The molecule has 1 aliphatic heterocycles. The van der Waals surface area contributed by atoms with E-state index in [2.05, 4.69) is 6.07 Å². The lowest BCUT2D eigenvalue weighted by atomic mass is 9.84. The van der Waals surface area contributed by atoms with Crippen LogP contribution in [-0.4, -0.2) is 38.4 Å². The third kappa shape index (κ3) is 4.43. The Kier molecular flexibility index (Phi) is 7.11. The highest BCUT2D eigenvalue weighted by molar-refractivity contribution is 5.57. The van der Waals surface area contributed by atoms with Crippen LogP contribution in [0.2, 0.25) is 0 Å². The van der Waals surface area contributed by atoms with Crippen LogP contribution in [0.4, 0.5) is 0 Å². The average molecular weight is 440 g/mol. The molecule has 0 saturated heterocycles. The maximum atomic E-state index is 13.6. The summed E-state index contributed by atoms with van der Waals surface area (Å²) < 4.78 is 18.9. The van der Waals surface area contributed by atoms with Gasteiger partial charge in [-0.3, -0.25) is 4.79 Å². The average Bonchev–Trinajstić information content (AvgIpc) is 2.74. The Morgan fingerprint density at radius 1 is 1.19 bits per heavy atom. The second kappa shape index (κ2) is 9.79. The first-order chi connectivity index (χ1) is 15.3. The molecule has 0 bridgehead atoms. The number of pyridine rings is 1. The molecular weight excluding hydrogens is 408 g/mol. The molecule has 8 heteroatoms. The molecule has 0 radical (unpaired) electrons. The number of allylic oxidation sites excluding steroid dienone is 1. The number of likely N-dealkylation sites (N-methyl/N-ethyl adjacent to an activating group) is 1. The molecule has 170 valence electrons. The van der Waals surface area contributed by atoms with Crippen LogP contribution < -0.4 is 30.4 Å². The number of aromatic nitrogens is 1. The van der Waals surface area contributed by atoms with E-state index in [1.165, 1.54) is 4.90 Å². The third-order valence-electron chi connectivity index (χ3n) is 5.43. The van der Waals surface area contributed by atoms with E-state index in [1.807, 2.05) is 53.1 Å². The quantitative estimate of drug-likeness (QED) is 0.643. The minimum absolute atomic E-state index is 0.00568. The van der Waals surface area contributed by atoms with Gasteiger partial charge in [-0.1, -0.05) is 6.07 Å². The number of ether oxygens (including phenoxy) is 3. The number of nitrogens with zero attached hydrogens (tertiary/aromatic N) is 2. The van der Waals surface area contributed by atoms with Crippen molar-refractivity contribution in [2.45, 2.75) is 33.2 Å². The topological polar surface area (TPSA) is 104 Å². The van der Waals surface area contributed by atoms with Gasteiger partial charge < -0.3 is 29.4 Å². The van der Waals surface area contributed by atoms with Crippen LogP contribution in [0, 0.1) is 18.3 Å². The standard InChI is InChI=1S/C24H30N4O4/c1-6-30-18-9-8-16(13-19(18)31-7-2)21-17(14-25)23(26)32-20-12-15(3)28(11-10-27(4)5)24(29)22(20)21/h8-9,12-13,21H,6-7,10-11,26H2,1-5H3/p+1/t21-/m1/s1. The number of rotatable bonds is 8. The van der Waals surface area contributed by atoms with Gasteiger partial charge in [-0.05, 0) is 38.5 Å². The zero-order valence-corrected chi connectivity index (χ0v) is 19.3. The molecule has 8 nitrogen and oxygen atoms in total. The van der Waals surface area contributed by atoms with E-state index in [-0.39, 0.29) is 17.0 Å². The molecule has 3 N–H and O–H groups in total. The number of benzene rings is 1. The van der Waals surface area contributed by atoms with Crippen LogP contribution >= 0.6 is 0 Å². The van der Waals surface area contributed by atoms with Crippen molar-refractivity contribution in [1.29, 1.82) is 5.26 Å². The summed E-state index contributed by atoms with van der Waals surface area (Å²) in [5.74, 6) is 0.889. The lowest BCUT2D eigenvalue weighted by Crippen LogP contribution is -3.06. The van der Waals surface area contributed by atoms with E-state index < -0.39 is 5.92 Å². The molecule has 0 unspecified atom stereocenters. The number of quaternary nitrogens is 1. The van der Waals surface area contributed by atoms with Crippen molar-refractivity contribution in [2.75, 3.05) is 33.9 Å². The SMILES string of the molecule is CCOc1ccc([C@@H]2C(C#N)=C(N)Oc3cc(C)n(CC[NH+](C)C)c(=O)c32)cc1OCC. The maximum absolute atomic E-state index is 13.6.